The molecule has 0 aliphatic heterocycles. The summed E-state index contributed by atoms with van der Waals surface area (Å²) < 4.78 is 31.7. The molecule has 0 saturated heterocycles. The molecule has 3 rings (SSSR count). The molecule has 0 fully saturated rings. The largest absolute Gasteiger partial charge is 0.491 e. The summed E-state index contributed by atoms with van der Waals surface area (Å²) in [6, 6.07) is 18.9. The highest BCUT2D eigenvalue weighted by Crippen LogP contribution is 2.19. The summed E-state index contributed by atoms with van der Waals surface area (Å²) >= 11 is 0. The topological polar surface area (TPSA) is 130 Å². The summed E-state index contributed by atoms with van der Waals surface area (Å²) in [6.45, 7) is -0.492. The van der Waals surface area contributed by atoms with Crippen LogP contribution in [-0.2, 0) is 9.47 Å². The average molecular weight is 575 g/mol. The van der Waals surface area contributed by atoms with Crippen LogP contribution in [0.1, 0.15) is 20.7 Å². The van der Waals surface area contributed by atoms with Crippen molar-refractivity contribution >= 4 is 11.9 Å². The fourth-order valence-corrected chi connectivity index (χ4v) is 3.25. The highest BCUT2D eigenvalue weighted by molar-refractivity contribution is 5.93. The predicted octanol–water partition coefficient (Wildman–Crippen LogP) is 2.90. The second-order valence-corrected chi connectivity index (χ2v) is 8.63. The second kappa shape index (κ2) is 16.8. The lowest BCUT2D eigenvalue weighted by Crippen LogP contribution is -2.25. The van der Waals surface area contributed by atoms with Gasteiger partial charge in [0.2, 0.25) is 0 Å². The number of benzene rings is 3. The number of aliphatic hydroxyl groups is 2. The molecule has 0 bridgehead atoms. The lowest BCUT2D eigenvalue weighted by Gasteiger charge is -2.14. The van der Waals surface area contributed by atoms with Crippen molar-refractivity contribution in [3.05, 3.63) is 83.9 Å². The Bertz CT molecular complexity index is 1250. The summed E-state index contributed by atoms with van der Waals surface area (Å²) in [6.07, 6.45) is 8.16. The van der Waals surface area contributed by atoms with Crippen molar-refractivity contribution in [1.29, 1.82) is 0 Å². The second-order valence-electron chi connectivity index (χ2n) is 8.63. The minimum absolute atomic E-state index is 0.103. The maximum Gasteiger partial charge on any atom is 0.338 e. The number of hydrogen-bond donors (Lipinski definition) is 2. The first-order valence-electron chi connectivity index (χ1n) is 12.8. The zero-order valence-electron chi connectivity index (χ0n) is 22.6. The predicted molar refractivity (Wildman–Crippen MR) is 152 cm³/mol. The Labute approximate surface area is 243 Å². The van der Waals surface area contributed by atoms with Crippen molar-refractivity contribution in [1.82, 2.24) is 0 Å². The van der Waals surface area contributed by atoms with Crippen LogP contribution in [0.3, 0.4) is 0 Å². The van der Waals surface area contributed by atoms with Gasteiger partial charge in [0.25, 0.3) is 0 Å². The molecule has 0 amide bonds. The zero-order chi connectivity index (χ0) is 30.2. The molecule has 3 aromatic rings. The molecule has 3 aromatic carbocycles. The molecule has 0 spiro atoms. The number of esters is 2. The first-order chi connectivity index (χ1) is 20.4. The minimum atomic E-state index is -1.07. The van der Waals surface area contributed by atoms with E-state index < -0.39 is 24.1 Å². The number of carbonyl (C=O) groups is 2. The van der Waals surface area contributed by atoms with Gasteiger partial charge >= 0.3 is 11.9 Å². The van der Waals surface area contributed by atoms with Gasteiger partial charge in [-0.15, -0.1) is 12.8 Å². The van der Waals surface area contributed by atoms with Gasteiger partial charge in [-0.05, 0) is 72.8 Å². The molecule has 0 aliphatic rings. The first kappa shape index (κ1) is 31.4. The van der Waals surface area contributed by atoms with E-state index in [1.54, 1.807) is 48.5 Å². The van der Waals surface area contributed by atoms with E-state index >= 15 is 0 Å². The highest BCUT2D eigenvalue weighted by Gasteiger charge is 2.15. The minimum Gasteiger partial charge on any atom is -0.491 e. The molecular weight excluding hydrogens is 544 g/mol. The Morgan fingerprint density at radius 3 is 1.17 bits per heavy atom. The van der Waals surface area contributed by atoms with E-state index in [0.29, 0.717) is 23.0 Å². The summed E-state index contributed by atoms with van der Waals surface area (Å²) in [5, 5.41) is 20.2. The number of aliphatic hydroxyl groups excluding tert-OH is 2. The van der Waals surface area contributed by atoms with Crippen molar-refractivity contribution in [2.75, 3.05) is 39.6 Å². The van der Waals surface area contributed by atoms with Crippen molar-refractivity contribution in [2.24, 2.45) is 0 Å². The van der Waals surface area contributed by atoms with Gasteiger partial charge < -0.3 is 38.6 Å². The van der Waals surface area contributed by atoms with Crippen LogP contribution >= 0.6 is 0 Å². The summed E-state index contributed by atoms with van der Waals surface area (Å²) in [5.74, 6) is 5.52. The molecule has 0 aliphatic carbocycles. The number of ether oxygens (including phenoxy) is 6. The normalized spacial score (nSPS) is 11.6. The molecule has 2 atom stereocenters. The van der Waals surface area contributed by atoms with E-state index in [1.165, 1.54) is 24.3 Å². The van der Waals surface area contributed by atoms with Crippen molar-refractivity contribution < 1.29 is 48.2 Å². The van der Waals surface area contributed by atoms with Gasteiger partial charge in [0.15, 0.2) is 0 Å². The molecule has 10 heteroatoms. The number of rotatable bonds is 16. The van der Waals surface area contributed by atoms with E-state index in [-0.39, 0.29) is 50.8 Å². The van der Waals surface area contributed by atoms with E-state index in [2.05, 4.69) is 11.8 Å². The Morgan fingerprint density at radius 2 is 0.857 bits per heavy atom. The van der Waals surface area contributed by atoms with Crippen molar-refractivity contribution in [2.45, 2.75) is 12.2 Å². The molecule has 0 saturated carbocycles. The maximum absolute atomic E-state index is 12.3. The lowest BCUT2D eigenvalue weighted by atomic mass is 10.1. The molecule has 42 heavy (non-hydrogen) atoms. The zero-order valence-corrected chi connectivity index (χ0v) is 22.6. The molecule has 10 nitrogen and oxygen atoms in total. The molecule has 0 aromatic heterocycles. The average Bonchev–Trinajstić information content (AvgIpc) is 3.03. The molecule has 218 valence electrons. The number of hydrogen-bond acceptors (Lipinski definition) is 10. The number of terminal acetylenes is 2. The SMILES string of the molecule is C#CCOc1ccc(OCC(O)COC(=O)c2ccc(C(=O)OCC(O)COc3ccc(OCC#C)cc3)cc2)cc1. The Morgan fingerprint density at radius 1 is 0.548 bits per heavy atom. The third-order valence-electron chi connectivity index (χ3n) is 5.35. The standard InChI is InChI=1S/C32H30O10/c1-3-17-37-27-9-13-29(14-10-27)39-19-25(33)21-41-31(35)23-5-7-24(8-6-23)32(36)42-22-26(34)20-40-30-15-11-28(12-16-30)38-18-4-2/h1-2,5-16,25-26,33-34H,17-22H2. The van der Waals surface area contributed by atoms with Crippen LogP contribution in [0.15, 0.2) is 72.8 Å². The fraction of sp³-hybridized carbons (Fsp3) is 0.250. The summed E-state index contributed by atoms with van der Waals surface area (Å²) in [5.41, 5.74) is 0.345. The Hall–Kier alpha value is -5.16. The molecule has 2 unspecified atom stereocenters. The molecule has 0 radical (unpaired) electrons. The molecule has 0 heterocycles. The van der Waals surface area contributed by atoms with E-state index in [9.17, 15) is 19.8 Å². The van der Waals surface area contributed by atoms with Crippen LogP contribution in [-0.4, -0.2) is 74.0 Å². The van der Waals surface area contributed by atoms with Gasteiger partial charge in [-0.3, -0.25) is 0 Å². The fourth-order valence-electron chi connectivity index (χ4n) is 3.25. The van der Waals surface area contributed by atoms with Crippen LogP contribution in [0.25, 0.3) is 0 Å². The van der Waals surface area contributed by atoms with Crippen LogP contribution in [0.2, 0.25) is 0 Å². The van der Waals surface area contributed by atoms with Crippen LogP contribution in [0.4, 0.5) is 0 Å². The van der Waals surface area contributed by atoms with E-state index in [4.69, 9.17) is 41.3 Å². The first-order valence-corrected chi connectivity index (χ1v) is 12.8. The monoisotopic (exact) mass is 574 g/mol. The maximum atomic E-state index is 12.3. The Kier molecular flexibility index (Phi) is 12.6. The lowest BCUT2D eigenvalue weighted by molar-refractivity contribution is 0.0123. The van der Waals surface area contributed by atoms with Crippen molar-refractivity contribution in [3.8, 4) is 47.7 Å². The van der Waals surface area contributed by atoms with E-state index in [0.717, 1.165) is 0 Å². The van der Waals surface area contributed by atoms with Crippen LogP contribution in [0, 0.1) is 24.7 Å². The third kappa shape index (κ3) is 10.8. The Balaban J connectivity index is 1.34. The van der Waals surface area contributed by atoms with Gasteiger partial charge in [0, 0.05) is 0 Å². The van der Waals surface area contributed by atoms with Gasteiger partial charge in [0.1, 0.15) is 74.8 Å². The van der Waals surface area contributed by atoms with Gasteiger partial charge in [-0.2, -0.15) is 0 Å². The summed E-state index contributed by atoms with van der Waals surface area (Å²) in [7, 11) is 0. The highest BCUT2D eigenvalue weighted by atomic mass is 16.6. The van der Waals surface area contributed by atoms with Crippen LogP contribution in [0.5, 0.6) is 23.0 Å². The van der Waals surface area contributed by atoms with Gasteiger partial charge in [0.05, 0.1) is 11.1 Å². The number of carbonyl (C=O) groups excluding carboxylic acids is 2. The third-order valence-corrected chi connectivity index (χ3v) is 5.35. The van der Waals surface area contributed by atoms with Gasteiger partial charge in [-0.1, -0.05) is 11.8 Å². The van der Waals surface area contributed by atoms with Crippen LogP contribution < -0.4 is 18.9 Å². The quantitative estimate of drug-likeness (QED) is 0.195. The molecular formula is C32H30O10. The van der Waals surface area contributed by atoms with Gasteiger partial charge in [-0.25, -0.2) is 9.59 Å². The van der Waals surface area contributed by atoms with E-state index in [1.807, 2.05) is 0 Å². The summed E-state index contributed by atoms with van der Waals surface area (Å²) in [4.78, 5) is 24.6. The molecule has 2 N–H and O–H groups in total. The smallest absolute Gasteiger partial charge is 0.338 e. The van der Waals surface area contributed by atoms with Crippen molar-refractivity contribution in [3.63, 3.8) is 0 Å².